The van der Waals surface area contributed by atoms with Crippen molar-refractivity contribution in [2.45, 2.75) is 42.6 Å². The standard InChI is InChI=1S/C13H14BrN3S/c14-8-5-9-1-2-10(6-8)17(9)13-12-11(3-4-18-12)15-7-16-13/h3-4,7-10H,1-2,5-6H2. The van der Waals surface area contributed by atoms with Crippen LogP contribution in [0.1, 0.15) is 25.7 Å². The summed E-state index contributed by atoms with van der Waals surface area (Å²) < 4.78 is 1.25. The van der Waals surface area contributed by atoms with Crippen molar-refractivity contribution >= 4 is 43.3 Å². The van der Waals surface area contributed by atoms with Gasteiger partial charge in [0.2, 0.25) is 0 Å². The van der Waals surface area contributed by atoms with Gasteiger partial charge in [-0.15, -0.1) is 11.3 Å². The Kier molecular flexibility index (Phi) is 2.59. The number of nitrogens with zero attached hydrogens (tertiary/aromatic N) is 3. The normalized spacial score (nSPS) is 31.2. The lowest BCUT2D eigenvalue weighted by molar-refractivity contribution is 0.480. The first-order valence-corrected chi connectivity index (χ1v) is 8.23. The van der Waals surface area contributed by atoms with Gasteiger partial charge in [0.25, 0.3) is 0 Å². The smallest absolute Gasteiger partial charge is 0.150 e. The van der Waals surface area contributed by atoms with E-state index >= 15 is 0 Å². The Bertz CT molecular complexity index is 570. The lowest BCUT2D eigenvalue weighted by atomic mass is 10.0. The summed E-state index contributed by atoms with van der Waals surface area (Å²) in [7, 11) is 0. The quantitative estimate of drug-likeness (QED) is 0.751. The third kappa shape index (κ3) is 1.60. The highest BCUT2D eigenvalue weighted by Gasteiger charge is 2.41. The zero-order chi connectivity index (χ0) is 12.1. The molecule has 0 spiro atoms. The van der Waals surface area contributed by atoms with Gasteiger partial charge in [0.15, 0.2) is 5.82 Å². The van der Waals surface area contributed by atoms with Gasteiger partial charge in [-0.3, -0.25) is 0 Å². The lowest BCUT2D eigenvalue weighted by Crippen LogP contribution is -2.43. The molecule has 2 aromatic rings. The van der Waals surface area contributed by atoms with E-state index in [1.807, 2.05) is 0 Å². The first-order valence-electron chi connectivity index (χ1n) is 6.43. The van der Waals surface area contributed by atoms with Gasteiger partial charge in [0, 0.05) is 16.9 Å². The van der Waals surface area contributed by atoms with Crippen LogP contribution in [-0.2, 0) is 0 Å². The van der Waals surface area contributed by atoms with E-state index in [1.54, 1.807) is 17.7 Å². The molecular weight excluding hydrogens is 310 g/mol. The first kappa shape index (κ1) is 11.2. The molecule has 2 aliphatic rings. The van der Waals surface area contributed by atoms with E-state index in [0.717, 1.165) is 5.52 Å². The summed E-state index contributed by atoms with van der Waals surface area (Å²) >= 11 is 5.56. The number of hydrogen-bond donors (Lipinski definition) is 0. The second kappa shape index (κ2) is 4.17. The van der Waals surface area contributed by atoms with Crippen molar-refractivity contribution in [3.05, 3.63) is 17.8 Å². The molecule has 0 aliphatic carbocycles. The molecule has 2 bridgehead atoms. The maximum Gasteiger partial charge on any atom is 0.150 e. The van der Waals surface area contributed by atoms with Crippen molar-refractivity contribution in [3.63, 3.8) is 0 Å². The zero-order valence-corrected chi connectivity index (χ0v) is 12.3. The third-order valence-electron chi connectivity index (χ3n) is 4.14. The number of piperidine rings is 1. The summed E-state index contributed by atoms with van der Waals surface area (Å²) in [5.41, 5.74) is 1.09. The molecule has 0 N–H and O–H groups in total. The van der Waals surface area contributed by atoms with Crippen LogP contribution in [-0.4, -0.2) is 26.9 Å². The summed E-state index contributed by atoms with van der Waals surface area (Å²) in [6, 6.07) is 3.41. The van der Waals surface area contributed by atoms with Crippen molar-refractivity contribution in [1.82, 2.24) is 9.97 Å². The second-order valence-electron chi connectivity index (χ2n) is 5.19. The number of halogens is 1. The minimum absolute atomic E-state index is 0.660. The van der Waals surface area contributed by atoms with Crippen molar-refractivity contribution in [1.29, 1.82) is 0 Å². The Labute approximate surface area is 118 Å². The van der Waals surface area contributed by atoms with Crippen molar-refractivity contribution in [2.75, 3.05) is 4.90 Å². The fourth-order valence-electron chi connectivity index (χ4n) is 3.42. The lowest BCUT2D eigenvalue weighted by Gasteiger charge is -2.38. The Hall–Kier alpha value is -0.680. The summed E-state index contributed by atoms with van der Waals surface area (Å²) in [6.45, 7) is 0. The Morgan fingerprint density at radius 3 is 2.78 bits per heavy atom. The van der Waals surface area contributed by atoms with Crippen LogP contribution in [0, 0.1) is 0 Å². The van der Waals surface area contributed by atoms with Crippen LogP contribution in [0.4, 0.5) is 5.82 Å². The molecule has 0 aromatic carbocycles. The number of anilines is 1. The monoisotopic (exact) mass is 323 g/mol. The number of fused-ring (bicyclic) bond motifs is 3. The van der Waals surface area contributed by atoms with Crippen LogP contribution in [0.15, 0.2) is 17.8 Å². The number of alkyl halides is 1. The molecule has 18 heavy (non-hydrogen) atoms. The minimum atomic E-state index is 0.660. The molecule has 2 saturated heterocycles. The molecular formula is C13H14BrN3S. The van der Waals surface area contributed by atoms with E-state index in [-0.39, 0.29) is 0 Å². The SMILES string of the molecule is BrC1CC2CCC(C1)N2c1ncnc2ccsc12. The maximum absolute atomic E-state index is 4.58. The molecule has 0 radical (unpaired) electrons. The largest absolute Gasteiger partial charge is 0.349 e. The van der Waals surface area contributed by atoms with Crippen molar-refractivity contribution in [2.24, 2.45) is 0 Å². The topological polar surface area (TPSA) is 29.0 Å². The predicted molar refractivity (Wildman–Crippen MR) is 78.7 cm³/mol. The van der Waals surface area contributed by atoms with Gasteiger partial charge in [-0.25, -0.2) is 9.97 Å². The molecule has 3 nitrogen and oxygen atoms in total. The van der Waals surface area contributed by atoms with E-state index in [0.29, 0.717) is 16.9 Å². The van der Waals surface area contributed by atoms with Gasteiger partial charge in [-0.2, -0.15) is 0 Å². The van der Waals surface area contributed by atoms with Gasteiger partial charge in [-0.1, -0.05) is 15.9 Å². The molecule has 5 heteroatoms. The average Bonchev–Trinajstić information content (AvgIpc) is 2.92. The number of thiophene rings is 1. The summed E-state index contributed by atoms with van der Waals surface area (Å²) in [5, 5.41) is 2.11. The van der Waals surface area contributed by atoms with Crippen molar-refractivity contribution in [3.8, 4) is 0 Å². The molecule has 2 unspecified atom stereocenters. The Morgan fingerprint density at radius 1 is 1.22 bits per heavy atom. The van der Waals surface area contributed by atoms with Crippen LogP contribution in [0.2, 0.25) is 0 Å². The van der Waals surface area contributed by atoms with E-state index < -0.39 is 0 Å². The predicted octanol–water partition coefficient (Wildman–Crippen LogP) is 3.59. The van der Waals surface area contributed by atoms with Gasteiger partial charge < -0.3 is 4.90 Å². The van der Waals surface area contributed by atoms with Gasteiger partial charge in [-0.05, 0) is 37.1 Å². The van der Waals surface area contributed by atoms with Crippen LogP contribution in [0.5, 0.6) is 0 Å². The molecule has 2 aliphatic heterocycles. The molecule has 2 fully saturated rings. The fourth-order valence-corrected chi connectivity index (χ4v) is 5.12. The molecule has 4 rings (SSSR count). The Morgan fingerprint density at radius 2 is 2.00 bits per heavy atom. The molecule has 4 heterocycles. The van der Waals surface area contributed by atoms with E-state index in [1.165, 1.54) is 36.2 Å². The maximum atomic E-state index is 4.58. The first-order chi connectivity index (χ1) is 8.83. The summed E-state index contributed by atoms with van der Waals surface area (Å²) in [6.07, 6.45) is 6.82. The molecule has 2 aromatic heterocycles. The molecule has 2 atom stereocenters. The fraction of sp³-hybridized carbons (Fsp3) is 0.538. The van der Waals surface area contributed by atoms with Crippen molar-refractivity contribution < 1.29 is 0 Å². The highest BCUT2D eigenvalue weighted by atomic mass is 79.9. The highest BCUT2D eigenvalue weighted by molar-refractivity contribution is 9.09. The summed E-state index contributed by atoms with van der Waals surface area (Å²) in [4.78, 5) is 12.2. The molecule has 0 amide bonds. The van der Waals surface area contributed by atoms with Gasteiger partial charge >= 0.3 is 0 Å². The minimum Gasteiger partial charge on any atom is -0.349 e. The number of rotatable bonds is 1. The van der Waals surface area contributed by atoms with E-state index in [4.69, 9.17) is 0 Å². The Balaban J connectivity index is 1.81. The van der Waals surface area contributed by atoms with E-state index in [9.17, 15) is 0 Å². The summed E-state index contributed by atoms with van der Waals surface area (Å²) in [5.74, 6) is 1.17. The zero-order valence-electron chi connectivity index (χ0n) is 9.92. The average molecular weight is 324 g/mol. The van der Waals surface area contributed by atoms with Gasteiger partial charge in [0.05, 0.1) is 10.2 Å². The third-order valence-corrected chi connectivity index (χ3v) is 5.79. The second-order valence-corrected chi connectivity index (χ2v) is 7.40. The van der Waals surface area contributed by atoms with Crippen LogP contribution >= 0.6 is 27.3 Å². The number of hydrogen-bond acceptors (Lipinski definition) is 4. The van der Waals surface area contributed by atoms with Crippen LogP contribution in [0.3, 0.4) is 0 Å². The number of aromatic nitrogens is 2. The van der Waals surface area contributed by atoms with Gasteiger partial charge in [0.1, 0.15) is 6.33 Å². The molecule has 94 valence electrons. The highest BCUT2D eigenvalue weighted by Crippen LogP contribution is 2.43. The molecule has 0 saturated carbocycles. The van der Waals surface area contributed by atoms with Crippen LogP contribution < -0.4 is 4.90 Å². The van der Waals surface area contributed by atoms with E-state index in [2.05, 4.69) is 42.2 Å². The van der Waals surface area contributed by atoms with Crippen LogP contribution in [0.25, 0.3) is 10.2 Å².